The normalized spacial score (nSPS) is 11.8. The molecule has 2 rings (SSSR count). The topological polar surface area (TPSA) is 50.7 Å². The van der Waals surface area contributed by atoms with Crippen LogP contribution in [0.25, 0.3) is 5.82 Å². The van der Waals surface area contributed by atoms with Crippen molar-refractivity contribution in [1.29, 1.82) is 0 Å². The largest absolute Gasteiger partial charge is 0.417 e. The summed E-state index contributed by atoms with van der Waals surface area (Å²) in [6, 6.07) is 2.02. The first-order valence-electron chi connectivity index (χ1n) is 4.81. The number of rotatable bonds is 1. The molecule has 2 aromatic rings. The fraction of sp³-hybridized carbons (Fsp3) is 0.200. The minimum absolute atomic E-state index is 0.0669. The number of aromatic nitrogens is 3. The number of nitrogens with one attached hydrogen (secondary N) is 1. The molecule has 0 aliphatic carbocycles. The van der Waals surface area contributed by atoms with Crippen molar-refractivity contribution < 1.29 is 13.2 Å². The Balaban J connectivity index is 2.55. The fourth-order valence-electron chi connectivity index (χ4n) is 1.42. The van der Waals surface area contributed by atoms with Crippen LogP contribution in [-0.4, -0.2) is 14.8 Å². The fourth-order valence-corrected chi connectivity index (χ4v) is 1.67. The van der Waals surface area contributed by atoms with E-state index >= 15 is 0 Å². The first-order valence-corrected chi connectivity index (χ1v) is 5.18. The summed E-state index contributed by atoms with van der Waals surface area (Å²) in [6.45, 7) is 1.63. The van der Waals surface area contributed by atoms with Crippen molar-refractivity contribution in [3.63, 3.8) is 0 Å². The van der Waals surface area contributed by atoms with E-state index in [9.17, 15) is 18.0 Å². The first-order chi connectivity index (χ1) is 8.29. The average molecular weight is 278 g/mol. The van der Waals surface area contributed by atoms with Gasteiger partial charge in [0.25, 0.3) is 5.56 Å². The van der Waals surface area contributed by atoms with Gasteiger partial charge in [0, 0.05) is 18.0 Å². The maximum absolute atomic E-state index is 12.4. The van der Waals surface area contributed by atoms with E-state index in [2.05, 4.69) is 10.1 Å². The molecule has 0 saturated heterocycles. The van der Waals surface area contributed by atoms with Crippen LogP contribution in [0.4, 0.5) is 13.2 Å². The predicted molar refractivity (Wildman–Crippen MR) is 58.9 cm³/mol. The van der Waals surface area contributed by atoms with Gasteiger partial charge < -0.3 is 0 Å². The van der Waals surface area contributed by atoms with Crippen LogP contribution in [0, 0.1) is 6.92 Å². The molecule has 0 unspecified atom stereocenters. The number of aromatic amines is 1. The Bertz CT molecular complexity index is 645. The van der Waals surface area contributed by atoms with Gasteiger partial charge in [-0.3, -0.25) is 9.89 Å². The highest BCUT2D eigenvalue weighted by Crippen LogP contribution is 2.31. The van der Waals surface area contributed by atoms with Gasteiger partial charge in [-0.25, -0.2) is 4.98 Å². The Kier molecular flexibility index (Phi) is 2.94. The van der Waals surface area contributed by atoms with Gasteiger partial charge in [0.15, 0.2) is 5.82 Å². The first kappa shape index (κ1) is 12.7. The second-order valence-electron chi connectivity index (χ2n) is 3.64. The summed E-state index contributed by atoms with van der Waals surface area (Å²) in [5.74, 6) is -0.0669. The molecule has 0 aliphatic rings. The molecule has 0 atom stereocenters. The van der Waals surface area contributed by atoms with E-state index in [0.717, 1.165) is 10.7 Å². The summed E-state index contributed by atoms with van der Waals surface area (Å²) in [5.41, 5.74) is -0.855. The lowest BCUT2D eigenvalue weighted by Crippen LogP contribution is -2.16. The summed E-state index contributed by atoms with van der Waals surface area (Å²) in [7, 11) is 0. The molecule has 0 aliphatic heterocycles. The second-order valence-corrected chi connectivity index (χ2v) is 4.05. The zero-order valence-corrected chi connectivity index (χ0v) is 9.80. The summed E-state index contributed by atoms with van der Waals surface area (Å²) in [5, 5.41) is 2.38. The van der Waals surface area contributed by atoms with Crippen molar-refractivity contribution in [2.24, 2.45) is 0 Å². The molecule has 96 valence electrons. The van der Waals surface area contributed by atoms with Gasteiger partial charge in [-0.05, 0) is 13.0 Å². The molecule has 0 amide bonds. The van der Waals surface area contributed by atoms with Gasteiger partial charge in [-0.15, -0.1) is 0 Å². The second kappa shape index (κ2) is 4.16. The van der Waals surface area contributed by atoms with Crippen LogP contribution in [-0.2, 0) is 6.18 Å². The molecule has 0 bridgehead atoms. The Morgan fingerprint density at radius 1 is 1.39 bits per heavy atom. The van der Waals surface area contributed by atoms with E-state index in [1.807, 2.05) is 0 Å². The molecular weight excluding hydrogens is 271 g/mol. The van der Waals surface area contributed by atoms with Crippen LogP contribution in [0.1, 0.15) is 11.3 Å². The van der Waals surface area contributed by atoms with Gasteiger partial charge in [0.1, 0.15) is 0 Å². The molecule has 1 N–H and O–H groups in total. The zero-order valence-electron chi connectivity index (χ0n) is 9.05. The maximum Gasteiger partial charge on any atom is 0.417 e. The molecule has 4 nitrogen and oxygen atoms in total. The van der Waals surface area contributed by atoms with Crippen molar-refractivity contribution in [3.8, 4) is 5.82 Å². The molecule has 2 heterocycles. The van der Waals surface area contributed by atoms with Crippen LogP contribution in [0.5, 0.6) is 0 Å². The molecule has 2 aromatic heterocycles. The molecule has 0 aromatic carbocycles. The molecule has 8 heteroatoms. The number of nitrogens with zero attached hydrogens (tertiary/aromatic N) is 2. The Morgan fingerprint density at radius 2 is 2.06 bits per heavy atom. The standard InChI is InChI=1S/C10H7ClF3N3O/c1-5-2-8(18)17(16-5)9-7(11)3-6(4-15-9)10(12,13)14/h2-4,16H,1H3. The van der Waals surface area contributed by atoms with Gasteiger partial charge in [-0.2, -0.15) is 17.9 Å². The molecule has 18 heavy (non-hydrogen) atoms. The number of halogens is 4. The van der Waals surface area contributed by atoms with E-state index in [1.54, 1.807) is 6.92 Å². The van der Waals surface area contributed by atoms with Crippen LogP contribution in [0.2, 0.25) is 5.02 Å². The van der Waals surface area contributed by atoms with Gasteiger partial charge >= 0.3 is 6.18 Å². The van der Waals surface area contributed by atoms with E-state index in [-0.39, 0.29) is 10.8 Å². The van der Waals surface area contributed by atoms with Crippen molar-refractivity contribution >= 4 is 11.6 Å². The van der Waals surface area contributed by atoms with E-state index in [1.165, 1.54) is 6.07 Å². The third-order valence-electron chi connectivity index (χ3n) is 2.21. The minimum Gasteiger partial charge on any atom is -0.294 e. The van der Waals surface area contributed by atoms with E-state index in [4.69, 9.17) is 11.6 Å². The van der Waals surface area contributed by atoms with Gasteiger partial charge in [0.05, 0.1) is 10.6 Å². The third-order valence-corrected chi connectivity index (χ3v) is 2.49. The van der Waals surface area contributed by atoms with Crippen LogP contribution >= 0.6 is 11.6 Å². The van der Waals surface area contributed by atoms with Crippen molar-refractivity contribution in [3.05, 3.63) is 45.0 Å². The zero-order chi connectivity index (χ0) is 13.5. The molecule has 0 fully saturated rings. The smallest absolute Gasteiger partial charge is 0.294 e. The Hall–Kier alpha value is -1.76. The molecular formula is C10H7ClF3N3O. The van der Waals surface area contributed by atoms with Crippen molar-refractivity contribution in [2.45, 2.75) is 13.1 Å². The van der Waals surface area contributed by atoms with E-state index < -0.39 is 17.3 Å². The summed E-state index contributed by atoms with van der Waals surface area (Å²) >= 11 is 5.71. The maximum atomic E-state index is 12.4. The monoisotopic (exact) mass is 277 g/mol. The van der Waals surface area contributed by atoms with E-state index in [0.29, 0.717) is 11.9 Å². The van der Waals surface area contributed by atoms with Crippen LogP contribution in [0.15, 0.2) is 23.1 Å². The molecule has 0 saturated carbocycles. The highest BCUT2D eigenvalue weighted by molar-refractivity contribution is 6.32. The predicted octanol–water partition coefficient (Wildman–Crippen LogP) is 2.54. The Labute approximate surface area is 104 Å². The number of pyridine rings is 1. The summed E-state index contributed by atoms with van der Waals surface area (Å²) in [6.07, 6.45) is -3.89. The molecule has 0 radical (unpaired) electrons. The summed E-state index contributed by atoms with van der Waals surface area (Å²) < 4.78 is 38.2. The number of alkyl halides is 3. The van der Waals surface area contributed by atoms with Gasteiger partial charge in [0.2, 0.25) is 0 Å². The number of hydrogen-bond acceptors (Lipinski definition) is 2. The average Bonchev–Trinajstić information content (AvgIpc) is 2.56. The highest BCUT2D eigenvalue weighted by atomic mass is 35.5. The van der Waals surface area contributed by atoms with Crippen LogP contribution in [0.3, 0.4) is 0 Å². The third kappa shape index (κ3) is 2.26. The highest BCUT2D eigenvalue weighted by Gasteiger charge is 2.31. The number of H-pyrrole nitrogens is 1. The summed E-state index contributed by atoms with van der Waals surface area (Å²) in [4.78, 5) is 15.1. The van der Waals surface area contributed by atoms with Gasteiger partial charge in [-0.1, -0.05) is 11.6 Å². The molecule has 0 spiro atoms. The SMILES string of the molecule is Cc1cc(=O)n(-c2ncc(C(F)(F)F)cc2Cl)[nH]1. The lowest BCUT2D eigenvalue weighted by molar-refractivity contribution is -0.137. The van der Waals surface area contributed by atoms with Crippen molar-refractivity contribution in [2.75, 3.05) is 0 Å². The van der Waals surface area contributed by atoms with Crippen molar-refractivity contribution in [1.82, 2.24) is 14.8 Å². The Morgan fingerprint density at radius 3 is 2.50 bits per heavy atom. The lowest BCUT2D eigenvalue weighted by atomic mass is 10.3. The quantitative estimate of drug-likeness (QED) is 0.871. The lowest BCUT2D eigenvalue weighted by Gasteiger charge is -2.08. The number of aryl methyl sites for hydroxylation is 1. The minimum atomic E-state index is -4.52. The van der Waals surface area contributed by atoms with Crippen LogP contribution < -0.4 is 5.56 Å². The number of hydrogen-bond donors (Lipinski definition) is 1.